The Hall–Kier alpha value is -1.91. The molecule has 126 valence electrons. The SMILES string of the molecule is CCC[C@H](C)NC(=O)[C@H]1CCCN(C(=O)c2ccc(F)cc2)C1. The third-order valence-corrected chi connectivity index (χ3v) is 4.28. The maximum absolute atomic E-state index is 13.0. The van der Waals surface area contributed by atoms with Crippen LogP contribution >= 0.6 is 0 Å². The van der Waals surface area contributed by atoms with E-state index >= 15 is 0 Å². The van der Waals surface area contributed by atoms with Crippen LogP contribution in [0.5, 0.6) is 0 Å². The largest absolute Gasteiger partial charge is 0.353 e. The lowest BCUT2D eigenvalue weighted by atomic mass is 9.96. The summed E-state index contributed by atoms with van der Waals surface area (Å²) in [6.07, 6.45) is 3.60. The van der Waals surface area contributed by atoms with Gasteiger partial charge in [0.05, 0.1) is 5.92 Å². The number of halogens is 1. The van der Waals surface area contributed by atoms with Crippen LogP contribution in [0.3, 0.4) is 0 Å². The van der Waals surface area contributed by atoms with Gasteiger partial charge in [0.15, 0.2) is 0 Å². The average Bonchev–Trinajstić information content (AvgIpc) is 2.55. The van der Waals surface area contributed by atoms with Crippen LogP contribution < -0.4 is 5.32 Å². The van der Waals surface area contributed by atoms with Crippen molar-refractivity contribution in [1.82, 2.24) is 10.2 Å². The zero-order valence-electron chi connectivity index (χ0n) is 13.8. The quantitative estimate of drug-likeness (QED) is 0.907. The van der Waals surface area contributed by atoms with E-state index in [1.807, 2.05) is 6.92 Å². The van der Waals surface area contributed by atoms with E-state index in [1.54, 1.807) is 4.90 Å². The first-order valence-electron chi connectivity index (χ1n) is 8.36. The van der Waals surface area contributed by atoms with E-state index in [2.05, 4.69) is 12.2 Å². The fourth-order valence-corrected chi connectivity index (χ4v) is 3.02. The highest BCUT2D eigenvalue weighted by atomic mass is 19.1. The zero-order chi connectivity index (χ0) is 16.8. The van der Waals surface area contributed by atoms with Gasteiger partial charge in [0.25, 0.3) is 5.91 Å². The van der Waals surface area contributed by atoms with Crippen LogP contribution in [0.2, 0.25) is 0 Å². The van der Waals surface area contributed by atoms with Crippen molar-refractivity contribution in [3.63, 3.8) is 0 Å². The fraction of sp³-hybridized carbons (Fsp3) is 0.556. The van der Waals surface area contributed by atoms with Gasteiger partial charge >= 0.3 is 0 Å². The fourth-order valence-electron chi connectivity index (χ4n) is 3.02. The van der Waals surface area contributed by atoms with Crippen molar-refractivity contribution in [3.05, 3.63) is 35.6 Å². The van der Waals surface area contributed by atoms with Gasteiger partial charge in [0.2, 0.25) is 5.91 Å². The lowest BCUT2D eigenvalue weighted by Gasteiger charge is -2.32. The second-order valence-corrected chi connectivity index (χ2v) is 6.30. The highest BCUT2D eigenvalue weighted by molar-refractivity contribution is 5.94. The predicted molar refractivity (Wildman–Crippen MR) is 87.5 cm³/mol. The Bertz CT molecular complexity index is 544. The monoisotopic (exact) mass is 320 g/mol. The molecular weight excluding hydrogens is 295 g/mol. The van der Waals surface area contributed by atoms with E-state index in [9.17, 15) is 14.0 Å². The first-order chi connectivity index (χ1) is 11.0. The summed E-state index contributed by atoms with van der Waals surface area (Å²) < 4.78 is 13.0. The van der Waals surface area contributed by atoms with Gasteiger partial charge in [-0.25, -0.2) is 4.39 Å². The van der Waals surface area contributed by atoms with Crippen LogP contribution in [-0.2, 0) is 4.79 Å². The number of hydrogen-bond acceptors (Lipinski definition) is 2. The van der Waals surface area contributed by atoms with Crippen LogP contribution in [0, 0.1) is 11.7 Å². The van der Waals surface area contributed by atoms with Gasteiger partial charge in [-0.1, -0.05) is 13.3 Å². The lowest BCUT2D eigenvalue weighted by Crippen LogP contribution is -2.47. The van der Waals surface area contributed by atoms with Crippen molar-refractivity contribution in [2.45, 2.75) is 45.6 Å². The number of amides is 2. The first kappa shape index (κ1) is 17.4. The van der Waals surface area contributed by atoms with E-state index in [0.29, 0.717) is 18.7 Å². The summed E-state index contributed by atoms with van der Waals surface area (Å²) in [6.45, 7) is 5.17. The van der Waals surface area contributed by atoms with Crippen LogP contribution in [0.1, 0.15) is 49.9 Å². The molecule has 0 unspecified atom stereocenters. The molecule has 4 nitrogen and oxygen atoms in total. The maximum Gasteiger partial charge on any atom is 0.253 e. The van der Waals surface area contributed by atoms with E-state index in [-0.39, 0.29) is 29.6 Å². The number of hydrogen-bond donors (Lipinski definition) is 1. The minimum absolute atomic E-state index is 0.0301. The van der Waals surface area contributed by atoms with Gasteiger partial charge in [-0.2, -0.15) is 0 Å². The topological polar surface area (TPSA) is 49.4 Å². The number of likely N-dealkylation sites (tertiary alicyclic amines) is 1. The molecule has 23 heavy (non-hydrogen) atoms. The predicted octanol–water partition coefficient (Wildman–Crippen LogP) is 2.98. The van der Waals surface area contributed by atoms with Crippen LogP contribution in [-0.4, -0.2) is 35.8 Å². The highest BCUT2D eigenvalue weighted by Gasteiger charge is 2.29. The van der Waals surface area contributed by atoms with Gasteiger partial charge in [-0.05, 0) is 50.5 Å². The molecular formula is C18H25FN2O2. The Morgan fingerprint density at radius 2 is 2.04 bits per heavy atom. The van der Waals surface area contributed by atoms with Gasteiger partial charge in [-0.3, -0.25) is 9.59 Å². The van der Waals surface area contributed by atoms with Crippen molar-refractivity contribution < 1.29 is 14.0 Å². The molecule has 1 heterocycles. The van der Waals surface area contributed by atoms with Crippen LogP contribution in [0.15, 0.2) is 24.3 Å². The second kappa shape index (κ2) is 8.09. The first-order valence-corrected chi connectivity index (χ1v) is 8.36. The molecule has 1 N–H and O–H groups in total. The Morgan fingerprint density at radius 1 is 1.35 bits per heavy atom. The van der Waals surface area contributed by atoms with Crippen molar-refractivity contribution in [3.8, 4) is 0 Å². The third-order valence-electron chi connectivity index (χ3n) is 4.28. The average molecular weight is 320 g/mol. The summed E-state index contributed by atoms with van der Waals surface area (Å²) in [5.74, 6) is -0.624. The summed E-state index contributed by atoms with van der Waals surface area (Å²) in [5.41, 5.74) is 0.465. The smallest absolute Gasteiger partial charge is 0.253 e. The molecule has 0 spiro atoms. The maximum atomic E-state index is 13.0. The summed E-state index contributed by atoms with van der Waals surface area (Å²) in [6, 6.07) is 5.72. The molecule has 0 aromatic heterocycles. The molecule has 1 aromatic carbocycles. The second-order valence-electron chi connectivity index (χ2n) is 6.30. The Morgan fingerprint density at radius 3 is 2.70 bits per heavy atom. The molecule has 1 fully saturated rings. The molecule has 0 aliphatic carbocycles. The molecule has 5 heteroatoms. The molecule has 2 atom stereocenters. The van der Waals surface area contributed by atoms with E-state index in [1.165, 1.54) is 24.3 Å². The number of nitrogens with zero attached hydrogens (tertiary/aromatic N) is 1. The lowest BCUT2D eigenvalue weighted by molar-refractivity contribution is -0.127. The van der Waals surface area contributed by atoms with Crippen molar-refractivity contribution in [2.24, 2.45) is 5.92 Å². The van der Waals surface area contributed by atoms with E-state index in [0.717, 1.165) is 25.7 Å². The Kier molecular flexibility index (Phi) is 6.13. The number of piperidine rings is 1. The standard InChI is InChI=1S/C18H25FN2O2/c1-3-5-13(2)20-17(22)15-6-4-11-21(12-15)18(23)14-7-9-16(19)10-8-14/h7-10,13,15H,3-6,11-12H2,1-2H3,(H,20,22)/t13-,15-/m0/s1. The molecule has 1 aromatic rings. The molecule has 2 amide bonds. The summed E-state index contributed by atoms with van der Waals surface area (Å²) in [4.78, 5) is 26.5. The van der Waals surface area contributed by atoms with Crippen LogP contribution in [0.4, 0.5) is 4.39 Å². The normalized spacial score (nSPS) is 19.3. The van der Waals surface area contributed by atoms with Gasteiger partial charge in [0, 0.05) is 24.7 Å². The van der Waals surface area contributed by atoms with Gasteiger partial charge in [0.1, 0.15) is 5.82 Å². The summed E-state index contributed by atoms with van der Waals surface area (Å²) >= 11 is 0. The molecule has 0 bridgehead atoms. The Balaban J connectivity index is 1.96. The van der Waals surface area contributed by atoms with Gasteiger partial charge in [-0.15, -0.1) is 0 Å². The summed E-state index contributed by atoms with van der Waals surface area (Å²) in [5, 5.41) is 3.03. The summed E-state index contributed by atoms with van der Waals surface area (Å²) in [7, 11) is 0. The number of benzene rings is 1. The molecule has 1 aliphatic rings. The molecule has 2 rings (SSSR count). The number of carbonyl (C=O) groups is 2. The number of carbonyl (C=O) groups excluding carboxylic acids is 2. The molecule has 1 saturated heterocycles. The van der Waals surface area contributed by atoms with E-state index < -0.39 is 0 Å². The minimum Gasteiger partial charge on any atom is -0.353 e. The number of rotatable bonds is 5. The van der Waals surface area contributed by atoms with E-state index in [4.69, 9.17) is 0 Å². The molecule has 0 radical (unpaired) electrons. The molecule has 0 saturated carbocycles. The number of nitrogens with one attached hydrogen (secondary N) is 1. The van der Waals surface area contributed by atoms with Crippen molar-refractivity contribution in [2.75, 3.05) is 13.1 Å². The Labute approximate surface area is 137 Å². The van der Waals surface area contributed by atoms with Crippen molar-refractivity contribution >= 4 is 11.8 Å². The highest BCUT2D eigenvalue weighted by Crippen LogP contribution is 2.19. The van der Waals surface area contributed by atoms with Gasteiger partial charge < -0.3 is 10.2 Å². The van der Waals surface area contributed by atoms with Crippen LogP contribution in [0.25, 0.3) is 0 Å². The minimum atomic E-state index is -0.359. The van der Waals surface area contributed by atoms with Crippen molar-refractivity contribution in [1.29, 1.82) is 0 Å². The third kappa shape index (κ3) is 4.78. The molecule has 1 aliphatic heterocycles. The zero-order valence-corrected chi connectivity index (χ0v) is 13.8.